The fraction of sp³-hybridized carbons (Fsp3) is 0.867. The van der Waals surface area contributed by atoms with Gasteiger partial charge in [0, 0.05) is 26.2 Å². The van der Waals surface area contributed by atoms with Crippen molar-refractivity contribution >= 4 is 24.8 Å². The Balaban J connectivity index is 0.00000180. The Morgan fingerprint density at radius 3 is 2.65 bits per heavy atom. The predicted molar refractivity (Wildman–Crippen MR) is 90.1 cm³/mol. The number of hydrogen-bond donors (Lipinski definition) is 1. The highest BCUT2D eigenvalue weighted by Crippen LogP contribution is 2.40. The van der Waals surface area contributed by atoms with Gasteiger partial charge in [-0.25, -0.2) is 0 Å². The number of morpholine rings is 1. The summed E-state index contributed by atoms with van der Waals surface area (Å²) < 4.78 is 5.64. The molecule has 1 heterocycles. The van der Waals surface area contributed by atoms with Crippen LogP contribution in [0.5, 0.6) is 0 Å². The summed E-state index contributed by atoms with van der Waals surface area (Å²) in [4.78, 5) is 2.52. The van der Waals surface area contributed by atoms with E-state index in [9.17, 15) is 0 Å². The third-order valence-corrected chi connectivity index (χ3v) is 4.55. The van der Waals surface area contributed by atoms with Crippen LogP contribution in [0.3, 0.4) is 0 Å². The van der Waals surface area contributed by atoms with Gasteiger partial charge in [-0.2, -0.15) is 0 Å². The molecule has 0 amide bonds. The molecule has 1 saturated heterocycles. The van der Waals surface area contributed by atoms with Crippen LogP contribution in [0.4, 0.5) is 0 Å². The van der Waals surface area contributed by atoms with E-state index in [4.69, 9.17) is 10.5 Å². The van der Waals surface area contributed by atoms with Gasteiger partial charge in [-0.05, 0) is 31.6 Å². The first-order valence-corrected chi connectivity index (χ1v) is 7.26. The van der Waals surface area contributed by atoms with Crippen molar-refractivity contribution < 1.29 is 4.74 Å². The van der Waals surface area contributed by atoms with Crippen molar-refractivity contribution in [1.82, 2.24) is 4.90 Å². The minimum Gasteiger partial charge on any atom is -0.374 e. The number of hydrogen-bond acceptors (Lipinski definition) is 3. The molecule has 1 aliphatic carbocycles. The highest BCUT2D eigenvalue weighted by molar-refractivity contribution is 5.85. The average molecular weight is 325 g/mol. The molecule has 0 bridgehead atoms. The Morgan fingerprint density at radius 1 is 1.35 bits per heavy atom. The van der Waals surface area contributed by atoms with Gasteiger partial charge in [-0.1, -0.05) is 25.0 Å². The van der Waals surface area contributed by atoms with E-state index in [2.05, 4.69) is 25.7 Å². The van der Waals surface area contributed by atoms with E-state index in [1.807, 2.05) is 0 Å². The topological polar surface area (TPSA) is 38.5 Å². The van der Waals surface area contributed by atoms with E-state index >= 15 is 0 Å². The summed E-state index contributed by atoms with van der Waals surface area (Å²) in [7, 11) is 0. The molecule has 0 aromatic carbocycles. The van der Waals surface area contributed by atoms with Crippen LogP contribution in [0.1, 0.15) is 40.0 Å². The molecule has 0 saturated carbocycles. The van der Waals surface area contributed by atoms with Gasteiger partial charge in [0.2, 0.25) is 0 Å². The van der Waals surface area contributed by atoms with Gasteiger partial charge in [-0.3, -0.25) is 4.90 Å². The Hall–Kier alpha value is 0.200. The highest BCUT2D eigenvalue weighted by Gasteiger charge is 2.30. The number of halogens is 2. The van der Waals surface area contributed by atoms with E-state index in [-0.39, 0.29) is 30.9 Å². The highest BCUT2D eigenvalue weighted by atomic mass is 35.5. The normalized spacial score (nSPS) is 26.7. The lowest BCUT2D eigenvalue weighted by Crippen LogP contribution is -2.47. The van der Waals surface area contributed by atoms with E-state index in [0.717, 1.165) is 26.2 Å². The summed E-state index contributed by atoms with van der Waals surface area (Å²) >= 11 is 0. The van der Waals surface area contributed by atoms with Gasteiger partial charge in [0.25, 0.3) is 0 Å². The lowest BCUT2D eigenvalue weighted by atomic mass is 9.72. The van der Waals surface area contributed by atoms with Crippen molar-refractivity contribution in [3.05, 3.63) is 11.1 Å². The number of ether oxygens (including phenoxy) is 1. The smallest absolute Gasteiger partial charge is 0.0824 e. The van der Waals surface area contributed by atoms with E-state index in [0.29, 0.717) is 12.0 Å². The van der Waals surface area contributed by atoms with Gasteiger partial charge in [0.15, 0.2) is 0 Å². The second-order valence-corrected chi connectivity index (χ2v) is 6.46. The molecule has 0 spiro atoms. The van der Waals surface area contributed by atoms with Crippen LogP contribution < -0.4 is 5.73 Å². The number of allylic oxidation sites excluding steroid dienone is 1. The Labute approximate surface area is 136 Å². The summed E-state index contributed by atoms with van der Waals surface area (Å²) in [6, 6.07) is 0. The van der Waals surface area contributed by atoms with Crippen molar-refractivity contribution in [3.63, 3.8) is 0 Å². The van der Waals surface area contributed by atoms with Crippen LogP contribution in [-0.4, -0.2) is 43.8 Å². The van der Waals surface area contributed by atoms with Crippen molar-refractivity contribution in [3.8, 4) is 0 Å². The maximum absolute atomic E-state index is 5.72. The zero-order chi connectivity index (χ0) is 13.2. The summed E-state index contributed by atoms with van der Waals surface area (Å²) in [5.41, 5.74) is 9.36. The monoisotopic (exact) mass is 324 g/mol. The number of nitrogens with zero attached hydrogens (tertiary/aromatic N) is 1. The van der Waals surface area contributed by atoms with Gasteiger partial charge in [0.05, 0.1) is 12.7 Å². The molecule has 20 heavy (non-hydrogen) atoms. The second-order valence-electron chi connectivity index (χ2n) is 6.46. The Kier molecular flexibility index (Phi) is 8.68. The first-order chi connectivity index (χ1) is 8.53. The molecule has 1 unspecified atom stereocenters. The van der Waals surface area contributed by atoms with Crippen LogP contribution in [0.15, 0.2) is 11.1 Å². The zero-order valence-electron chi connectivity index (χ0n) is 13.0. The van der Waals surface area contributed by atoms with Crippen LogP contribution in [0, 0.1) is 5.41 Å². The van der Waals surface area contributed by atoms with E-state index in [1.54, 1.807) is 11.1 Å². The molecule has 1 fully saturated rings. The van der Waals surface area contributed by atoms with Crippen molar-refractivity contribution in [2.75, 3.05) is 32.8 Å². The third-order valence-electron chi connectivity index (χ3n) is 4.55. The molecule has 3 nitrogen and oxygen atoms in total. The number of rotatable bonds is 3. The molecule has 2 rings (SSSR count). The molecule has 0 radical (unpaired) electrons. The molecule has 120 valence electrons. The molecule has 1 aliphatic heterocycles. The molecule has 0 aromatic rings. The maximum atomic E-state index is 5.72. The lowest BCUT2D eigenvalue weighted by Gasteiger charge is -2.40. The Bertz CT molecular complexity index is 332. The zero-order valence-corrected chi connectivity index (χ0v) is 14.6. The standard InChI is InChI=1S/C15H28N2O.2ClH/c1-12-5-4-6-15(2,3)14(12)11-17-7-8-18-13(9-16)10-17;;/h13H,4-11,16H2,1-3H3;2*1H. The van der Waals surface area contributed by atoms with Crippen LogP contribution in [-0.2, 0) is 4.74 Å². The molecule has 5 heteroatoms. The first kappa shape index (κ1) is 20.2. The Morgan fingerprint density at radius 2 is 2.05 bits per heavy atom. The van der Waals surface area contributed by atoms with Crippen LogP contribution in [0.25, 0.3) is 0 Å². The van der Waals surface area contributed by atoms with Crippen molar-refractivity contribution in [1.29, 1.82) is 0 Å². The molecular weight excluding hydrogens is 295 g/mol. The van der Waals surface area contributed by atoms with E-state index in [1.165, 1.54) is 19.3 Å². The molecule has 2 N–H and O–H groups in total. The fourth-order valence-electron chi connectivity index (χ4n) is 3.31. The van der Waals surface area contributed by atoms with Crippen LogP contribution in [0.2, 0.25) is 0 Å². The van der Waals surface area contributed by atoms with Gasteiger partial charge < -0.3 is 10.5 Å². The molecular formula is C15H30Cl2N2O. The van der Waals surface area contributed by atoms with Gasteiger partial charge in [-0.15, -0.1) is 24.8 Å². The first-order valence-electron chi connectivity index (χ1n) is 7.26. The second kappa shape index (κ2) is 8.60. The van der Waals surface area contributed by atoms with Gasteiger partial charge in [0.1, 0.15) is 0 Å². The third kappa shape index (κ3) is 4.88. The van der Waals surface area contributed by atoms with Crippen molar-refractivity contribution in [2.24, 2.45) is 11.1 Å². The summed E-state index contributed by atoms with van der Waals surface area (Å²) in [6.07, 6.45) is 4.18. The maximum Gasteiger partial charge on any atom is 0.0824 e. The summed E-state index contributed by atoms with van der Waals surface area (Å²) in [5.74, 6) is 0. The minimum atomic E-state index is 0. The largest absolute Gasteiger partial charge is 0.374 e. The summed E-state index contributed by atoms with van der Waals surface area (Å²) in [5, 5.41) is 0. The average Bonchev–Trinajstić information content (AvgIpc) is 2.34. The number of nitrogens with two attached hydrogens (primary N) is 1. The molecule has 0 aromatic heterocycles. The quantitative estimate of drug-likeness (QED) is 0.811. The minimum absolute atomic E-state index is 0. The fourth-order valence-corrected chi connectivity index (χ4v) is 3.31. The van der Waals surface area contributed by atoms with Crippen LogP contribution >= 0.6 is 24.8 Å². The van der Waals surface area contributed by atoms with Gasteiger partial charge >= 0.3 is 0 Å². The summed E-state index contributed by atoms with van der Waals surface area (Å²) in [6.45, 7) is 11.7. The SMILES string of the molecule is CC1=C(CN2CCOC(CN)C2)C(C)(C)CCC1.Cl.Cl. The molecule has 1 atom stereocenters. The lowest BCUT2D eigenvalue weighted by molar-refractivity contribution is -0.0214. The van der Waals surface area contributed by atoms with Crippen molar-refractivity contribution in [2.45, 2.75) is 46.1 Å². The van der Waals surface area contributed by atoms with E-state index < -0.39 is 0 Å². The predicted octanol–water partition coefficient (Wildman–Crippen LogP) is 3.02. The molecule has 2 aliphatic rings.